The Morgan fingerprint density at radius 1 is 0.971 bits per heavy atom. The van der Waals surface area contributed by atoms with Crippen molar-refractivity contribution in [2.45, 2.75) is 6.61 Å². The lowest BCUT2D eigenvalue weighted by Crippen LogP contribution is -2.01. The van der Waals surface area contributed by atoms with Gasteiger partial charge in [-0.3, -0.25) is 14.9 Å². The van der Waals surface area contributed by atoms with Crippen molar-refractivity contribution in [2.24, 2.45) is 0 Å². The lowest BCUT2D eigenvalue weighted by atomic mass is 10.1. The highest BCUT2D eigenvalue weighted by molar-refractivity contribution is 6.06. The maximum Gasteiger partial charge on any atom is 0.310 e. The Morgan fingerprint density at radius 3 is 2.41 bits per heavy atom. The van der Waals surface area contributed by atoms with Gasteiger partial charge in [-0.05, 0) is 66.2 Å². The Kier molecular flexibility index (Phi) is 6.84. The highest BCUT2D eigenvalue weighted by Crippen LogP contribution is 2.28. The molecule has 7 heteroatoms. The Balaban J connectivity index is 1.48. The minimum atomic E-state index is -0.484. The summed E-state index contributed by atoms with van der Waals surface area (Å²) >= 11 is 0. The number of ketones is 1. The molecule has 4 rings (SSSR count). The van der Waals surface area contributed by atoms with Gasteiger partial charge in [-0.2, -0.15) is 0 Å². The fraction of sp³-hybridized carbons (Fsp3) is 0.0741. The summed E-state index contributed by atoms with van der Waals surface area (Å²) in [5.41, 5.74) is 2.93. The number of hydrogen-bond acceptors (Lipinski definition) is 5. The summed E-state index contributed by atoms with van der Waals surface area (Å²) in [6.07, 6.45) is 7.12. The molecule has 0 bridgehead atoms. The standard InChI is InChI=1S/C27H22N2O5/c1-33-26-15-9-20(18-22(26)19-34-27-7-3-2-6-24(27)29(31)32)8-14-25(30)21-10-12-23(13-11-21)28-16-4-5-17-28/h2-18H,19H2,1H3/b14-8+. The van der Waals surface area contributed by atoms with E-state index in [0.29, 0.717) is 16.9 Å². The molecule has 0 spiro atoms. The number of nitro groups is 1. The maximum atomic E-state index is 12.6. The molecule has 0 N–H and O–H groups in total. The van der Waals surface area contributed by atoms with E-state index in [9.17, 15) is 14.9 Å². The number of rotatable bonds is 9. The number of nitro benzene ring substituents is 1. The van der Waals surface area contributed by atoms with Gasteiger partial charge in [-0.15, -0.1) is 0 Å². The molecule has 0 radical (unpaired) electrons. The average Bonchev–Trinajstić information content (AvgIpc) is 3.41. The van der Waals surface area contributed by atoms with Crippen LogP contribution in [-0.2, 0) is 6.61 Å². The molecule has 1 heterocycles. The first kappa shape index (κ1) is 22.5. The summed E-state index contributed by atoms with van der Waals surface area (Å²) < 4.78 is 13.1. The Hall–Kier alpha value is -4.65. The van der Waals surface area contributed by atoms with E-state index >= 15 is 0 Å². The van der Waals surface area contributed by atoms with E-state index in [4.69, 9.17) is 9.47 Å². The van der Waals surface area contributed by atoms with Crippen LogP contribution in [0.25, 0.3) is 11.8 Å². The summed E-state index contributed by atoms with van der Waals surface area (Å²) in [6.45, 7) is 0.0739. The predicted octanol–water partition coefficient (Wildman–Crippen LogP) is 5.87. The molecule has 3 aromatic carbocycles. The molecule has 7 nitrogen and oxygen atoms in total. The SMILES string of the molecule is COc1ccc(/C=C/C(=O)c2ccc(-n3cccc3)cc2)cc1COc1ccccc1[N+](=O)[O-]. The van der Waals surface area contributed by atoms with Crippen molar-refractivity contribution in [1.82, 2.24) is 4.57 Å². The van der Waals surface area contributed by atoms with Crippen molar-refractivity contribution < 1.29 is 19.2 Å². The van der Waals surface area contributed by atoms with E-state index in [-0.39, 0.29) is 23.8 Å². The third kappa shape index (κ3) is 5.21. The highest BCUT2D eigenvalue weighted by atomic mass is 16.6. The van der Waals surface area contributed by atoms with Crippen LogP contribution in [0.4, 0.5) is 5.69 Å². The molecule has 0 aliphatic heterocycles. The highest BCUT2D eigenvalue weighted by Gasteiger charge is 2.14. The fourth-order valence-electron chi connectivity index (χ4n) is 3.47. The zero-order valence-electron chi connectivity index (χ0n) is 18.5. The molecule has 0 atom stereocenters. The molecular weight excluding hydrogens is 432 g/mol. The maximum absolute atomic E-state index is 12.6. The van der Waals surface area contributed by atoms with Crippen molar-refractivity contribution in [3.05, 3.63) is 124 Å². The van der Waals surface area contributed by atoms with Gasteiger partial charge in [0.05, 0.1) is 12.0 Å². The van der Waals surface area contributed by atoms with Crippen LogP contribution in [0.15, 0.2) is 97.3 Å². The van der Waals surface area contributed by atoms with E-state index < -0.39 is 4.92 Å². The smallest absolute Gasteiger partial charge is 0.310 e. The lowest BCUT2D eigenvalue weighted by Gasteiger charge is -2.11. The van der Waals surface area contributed by atoms with Gasteiger partial charge in [-0.25, -0.2) is 0 Å². The third-order valence-electron chi connectivity index (χ3n) is 5.23. The van der Waals surface area contributed by atoms with Crippen molar-refractivity contribution in [3.8, 4) is 17.2 Å². The van der Waals surface area contributed by atoms with Gasteiger partial charge < -0.3 is 14.0 Å². The quantitative estimate of drug-likeness (QED) is 0.137. The third-order valence-corrected chi connectivity index (χ3v) is 5.23. The first-order chi connectivity index (χ1) is 16.5. The molecule has 0 unspecified atom stereocenters. The zero-order valence-corrected chi connectivity index (χ0v) is 18.5. The van der Waals surface area contributed by atoms with Gasteiger partial charge in [0, 0.05) is 35.3 Å². The number of aromatic nitrogens is 1. The topological polar surface area (TPSA) is 83.6 Å². The van der Waals surface area contributed by atoms with E-state index in [1.807, 2.05) is 53.4 Å². The van der Waals surface area contributed by atoms with Crippen LogP contribution in [0.1, 0.15) is 21.5 Å². The molecule has 1 aromatic heterocycles. The van der Waals surface area contributed by atoms with Crippen molar-refractivity contribution in [3.63, 3.8) is 0 Å². The molecule has 0 aliphatic carbocycles. The normalized spacial score (nSPS) is 10.9. The van der Waals surface area contributed by atoms with Gasteiger partial charge in [0.2, 0.25) is 0 Å². The minimum absolute atomic E-state index is 0.0739. The van der Waals surface area contributed by atoms with Crippen molar-refractivity contribution >= 4 is 17.5 Å². The number of allylic oxidation sites excluding steroid dienone is 1. The van der Waals surface area contributed by atoms with Crippen LogP contribution in [0.2, 0.25) is 0 Å². The second kappa shape index (κ2) is 10.3. The number of nitrogens with zero attached hydrogens (tertiary/aromatic N) is 2. The number of para-hydroxylation sites is 2. The van der Waals surface area contributed by atoms with Crippen LogP contribution < -0.4 is 9.47 Å². The summed E-state index contributed by atoms with van der Waals surface area (Å²) in [5.74, 6) is 0.643. The predicted molar refractivity (Wildman–Crippen MR) is 130 cm³/mol. The number of benzene rings is 3. The Bertz CT molecular complexity index is 1330. The molecule has 0 fully saturated rings. The average molecular weight is 454 g/mol. The minimum Gasteiger partial charge on any atom is -0.496 e. The number of carbonyl (C=O) groups is 1. The van der Waals surface area contributed by atoms with Crippen LogP contribution in [0, 0.1) is 10.1 Å². The fourth-order valence-corrected chi connectivity index (χ4v) is 3.47. The molecule has 4 aromatic rings. The van der Waals surface area contributed by atoms with E-state index in [1.165, 1.54) is 12.1 Å². The zero-order chi connectivity index (χ0) is 23.9. The molecule has 170 valence electrons. The number of hydrogen-bond donors (Lipinski definition) is 0. The van der Waals surface area contributed by atoms with E-state index in [1.54, 1.807) is 49.6 Å². The van der Waals surface area contributed by atoms with Crippen molar-refractivity contribution in [1.29, 1.82) is 0 Å². The van der Waals surface area contributed by atoms with Gasteiger partial charge in [-0.1, -0.05) is 24.3 Å². The second-order valence-electron chi connectivity index (χ2n) is 7.42. The van der Waals surface area contributed by atoms with Gasteiger partial charge in [0.25, 0.3) is 0 Å². The van der Waals surface area contributed by atoms with Crippen LogP contribution in [0.3, 0.4) is 0 Å². The molecule has 0 saturated carbocycles. The van der Waals surface area contributed by atoms with Gasteiger partial charge >= 0.3 is 5.69 Å². The summed E-state index contributed by atoms with van der Waals surface area (Å²) in [7, 11) is 1.54. The van der Waals surface area contributed by atoms with E-state index in [2.05, 4.69) is 0 Å². The lowest BCUT2D eigenvalue weighted by molar-refractivity contribution is -0.385. The molecular formula is C27H22N2O5. The second-order valence-corrected chi connectivity index (χ2v) is 7.42. The molecule has 0 aliphatic rings. The molecule has 0 amide bonds. The van der Waals surface area contributed by atoms with Crippen LogP contribution in [-0.4, -0.2) is 22.4 Å². The van der Waals surface area contributed by atoms with Crippen LogP contribution >= 0.6 is 0 Å². The summed E-state index contributed by atoms with van der Waals surface area (Å²) in [6, 6.07) is 22.9. The largest absolute Gasteiger partial charge is 0.496 e. The Labute approximate surface area is 196 Å². The summed E-state index contributed by atoms with van der Waals surface area (Å²) in [4.78, 5) is 23.4. The monoisotopic (exact) mass is 454 g/mol. The molecule has 0 saturated heterocycles. The van der Waals surface area contributed by atoms with Gasteiger partial charge in [0.15, 0.2) is 11.5 Å². The first-order valence-corrected chi connectivity index (χ1v) is 10.5. The number of carbonyl (C=O) groups excluding carboxylic acids is 1. The first-order valence-electron chi connectivity index (χ1n) is 10.5. The number of ether oxygens (including phenoxy) is 2. The van der Waals surface area contributed by atoms with Crippen molar-refractivity contribution in [2.75, 3.05) is 7.11 Å². The van der Waals surface area contributed by atoms with Gasteiger partial charge in [0.1, 0.15) is 12.4 Å². The Morgan fingerprint density at radius 2 is 1.71 bits per heavy atom. The number of methoxy groups -OCH3 is 1. The van der Waals surface area contributed by atoms with Crippen LogP contribution in [0.5, 0.6) is 11.5 Å². The van der Waals surface area contributed by atoms with E-state index in [0.717, 1.165) is 11.3 Å². The summed E-state index contributed by atoms with van der Waals surface area (Å²) in [5, 5.41) is 11.2. The molecule has 34 heavy (non-hydrogen) atoms.